The van der Waals surface area contributed by atoms with Gasteiger partial charge in [-0.1, -0.05) is 147 Å². The van der Waals surface area contributed by atoms with Gasteiger partial charge < -0.3 is 9.47 Å². The second kappa shape index (κ2) is 13.8. The molecule has 224 valence electrons. The maximum atomic E-state index is 6.02. The summed E-state index contributed by atoms with van der Waals surface area (Å²) in [4.78, 5) is 0. The minimum absolute atomic E-state index is 0.287. The van der Waals surface area contributed by atoms with Gasteiger partial charge >= 0.3 is 0 Å². The minimum Gasteiger partial charge on any atom is -0.496 e. The Kier molecular flexibility index (Phi) is 9.46. The Hall–Kier alpha value is -4.22. The molecule has 6 aromatic carbocycles. The van der Waals surface area contributed by atoms with E-state index in [1.807, 2.05) is 0 Å². The van der Waals surface area contributed by atoms with E-state index in [1.165, 1.54) is 43.0 Å². The zero-order valence-electron chi connectivity index (χ0n) is 26.2. The van der Waals surface area contributed by atoms with Gasteiger partial charge in [0.15, 0.2) is 0 Å². The normalized spacial score (nSPS) is 11.5. The quantitative estimate of drug-likeness (QED) is 0.147. The lowest BCUT2D eigenvalue weighted by Crippen LogP contribution is -2.27. The van der Waals surface area contributed by atoms with Gasteiger partial charge in [0.2, 0.25) is 0 Å². The van der Waals surface area contributed by atoms with E-state index in [0.717, 1.165) is 11.5 Å². The van der Waals surface area contributed by atoms with Gasteiger partial charge in [0.05, 0.1) is 14.2 Å². The number of benzene rings is 6. The monoisotopic (exact) mass is 624 g/mol. The van der Waals surface area contributed by atoms with Gasteiger partial charge in [-0.3, -0.25) is 0 Å². The Bertz CT molecular complexity index is 1620. The van der Waals surface area contributed by atoms with Crippen LogP contribution in [0.1, 0.15) is 25.0 Å². The highest BCUT2D eigenvalue weighted by atomic mass is 31.1. The molecule has 0 spiro atoms. The smallest absolute Gasteiger partial charge is 0.127 e. The molecule has 0 aliphatic carbocycles. The van der Waals surface area contributed by atoms with E-state index in [0.29, 0.717) is 0 Å². The van der Waals surface area contributed by atoms with Crippen LogP contribution < -0.4 is 41.3 Å². The molecule has 0 saturated carbocycles. The van der Waals surface area contributed by atoms with Crippen molar-refractivity contribution in [2.24, 2.45) is 0 Å². The first-order chi connectivity index (χ1) is 22.0. The van der Waals surface area contributed by atoms with Crippen LogP contribution in [0.3, 0.4) is 0 Å². The number of ether oxygens (including phenoxy) is 2. The van der Waals surface area contributed by atoms with Crippen LogP contribution in [0.5, 0.6) is 11.5 Å². The molecule has 0 amide bonds. The number of methoxy groups -OCH3 is 2. The van der Waals surface area contributed by atoms with Crippen molar-refractivity contribution in [1.29, 1.82) is 0 Å². The first-order valence-electron chi connectivity index (χ1n) is 15.2. The molecule has 0 aliphatic heterocycles. The van der Waals surface area contributed by atoms with Gasteiger partial charge in [0.25, 0.3) is 0 Å². The van der Waals surface area contributed by atoms with Crippen molar-refractivity contribution in [3.05, 3.63) is 169 Å². The van der Waals surface area contributed by atoms with E-state index in [-0.39, 0.29) is 5.41 Å². The topological polar surface area (TPSA) is 18.5 Å². The molecule has 2 nitrogen and oxygen atoms in total. The van der Waals surface area contributed by atoms with Gasteiger partial charge in [0, 0.05) is 16.0 Å². The van der Waals surface area contributed by atoms with Crippen LogP contribution >= 0.6 is 15.8 Å². The maximum Gasteiger partial charge on any atom is 0.127 e. The molecule has 6 rings (SSSR count). The van der Waals surface area contributed by atoms with Crippen molar-refractivity contribution >= 4 is 47.7 Å². The molecule has 0 unspecified atom stereocenters. The molecule has 0 fully saturated rings. The second-order valence-corrected chi connectivity index (χ2v) is 15.8. The van der Waals surface area contributed by atoms with Crippen molar-refractivity contribution in [1.82, 2.24) is 0 Å². The maximum absolute atomic E-state index is 6.02. The van der Waals surface area contributed by atoms with Gasteiger partial charge in [-0.2, -0.15) is 0 Å². The highest BCUT2D eigenvalue weighted by molar-refractivity contribution is 7.80. The molecule has 0 aliphatic rings. The second-order valence-electron chi connectivity index (χ2n) is 11.4. The van der Waals surface area contributed by atoms with E-state index in [1.54, 1.807) is 14.2 Å². The summed E-state index contributed by atoms with van der Waals surface area (Å²) in [6.45, 7) is 4.65. The van der Waals surface area contributed by atoms with Crippen molar-refractivity contribution in [3.63, 3.8) is 0 Å². The molecular formula is C41H38O2P2. The van der Waals surface area contributed by atoms with E-state index in [4.69, 9.17) is 9.47 Å². The van der Waals surface area contributed by atoms with Crippen LogP contribution in [0.2, 0.25) is 0 Å². The van der Waals surface area contributed by atoms with Gasteiger partial charge in [-0.15, -0.1) is 0 Å². The summed E-state index contributed by atoms with van der Waals surface area (Å²) in [6.07, 6.45) is 0. The van der Waals surface area contributed by atoms with E-state index in [9.17, 15) is 0 Å². The zero-order valence-corrected chi connectivity index (χ0v) is 28.0. The summed E-state index contributed by atoms with van der Waals surface area (Å²) in [7, 11) is 1.89. The third-order valence-corrected chi connectivity index (χ3v) is 13.3. The van der Waals surface area contributed by atoms with Gasteiger partial charge in [-0.25, -0.2) is 0 Å². The number of rotatable bonds is 10. The lowest BCUT2D eigenvalue weighted by Gasteiger charge is -2.31. The fourth-order valence-corrected chi connectivity index (χ4v) is 10.7. The molecule has 0 bridgehead atoms. The molecule has 4 heteroatoms. The summed E-state index contributed by atoms with van der Waals surface area (Å²) in [5.74, 6) is 1.83. The van der Waals surface area contributed by atoms with Crippen molar-refractivity contribution in [2.45, 2.75) is 19.3 Å². The average molecular weight is 625 g/mol. The first-order valence-corrected chi connectivity index (χ1v) is 17.9. The van der Waals surface area contributed by atoms with Crippen LogP contribution in [0.25, 0.3) is 0 Å². The summed E-state index contributed by atoms with van der Waals surface area (Å²) in [6, 6.07) is 56.8. The molecule has 6 aromatic rings. The zero-order chi connectivity index (χ0) is 31.2. The lowest BCUT2D eigenvalue weighted by atomic mass is 9.78. The van der Waals surface area contributed by atoms with E-state index < -0.39 is 15.8 Å². The van der Waals surface area contributed by atoms with Crippen LogP contribution in [0.4, 0.5) is 0 Å². The first kappa shape index (κ1) is 30.8. The van der Waals surface area contributed by atoms with Crippen LogP contribution in [-0.2, 0) is 5.41 Å². The molecular weight excluding hydrogens is 586 g/mol. The Morgan fingerprint density at radius 1 is 0.400 bits per heavy atom. The van der Waals surface area contributed by atoms with Crippen LogP contribution in [0.15, 0.2) is 158 Å². The van der Waals surface area contributed by atoms with Crippen molar-refractivity contribution in [3.8, 4) is 11.5 Å². The molecule has 0 aromatic heterocycles. The highest BCUT2D eigenvalue weighted by Gasteiger charge is 2.30. The van der Waals surface area contributed by atoms with E-state index in [2.05, 4.69) is 172 Å². The molecule has 45 heavy (non-hydrogen) atoms. The third kappa shape index (κ3) is 6.46. The molecule has 0 N–H and O–H groups in total. The van der Waals surface area contributed by atoms with E-state index >= 15 is 0 Å². The standard InChI is InChI=1S/C41H38O2P2/c1-41(2,31-25-27-37(42-3)39(29-31)44(33-17-9-5-10-18-33)34-19-11-6-12-20-34)32-26-28-38(43-4)40(30-32)45(35-21-13-7-14-22-35)36-23-15-8-16-24-36/h5-30H,1-4H3. The summed E-state index contributed by atoms with van der Waals surface area (Å²) >= 11 is 0. The Morgan fingerprint density at radius 2 is 0.689 bits per heavy atom. The SMILES string of the molecule is COc1ccc(C(C)(C)c2ccc(OC)c(P(c3ccccc3)c3ccccc3)c2)cc1P(c1ccccc1)c1ccccc1. The van der Waals surface area contributed by atoms with Gasteiger partial charge in [0.1, 0.15) is 11.5 Å². The highest BCUT2D eigenvalue weighted by Crippen LogP contribution is 2.42. The predicted octanol–water partition coefficient (Wildman–Crippen LogP) is 7.55. The Morgan fingerprint density at radius 3 is 0.956 bits per heavy atom. The lowest BCUT2D eigenvalue weighted by molar-refractivity contribution is 0.417. The number of hydrogen-bond donors (Lipinski definition) is 0. The van der Waals surface area contributed by atoms with Crippen LogP contribution in [0, 0.1) is 0 Å². The Labute approximate surface area is 270 Å². The Balaban J connectivity index is 1.50. The fourth-order valence-electron chi connectivity index (χ4n) is 5.84. The van der Waals surface area contributed by atoms with Crippen molar-refractivity contribution < 1.29 is 9.47 Å². The summed E-state index contributed by atoms with van der Waals surface area (Å²) < 4.78 is 12.0. The largest absolute Gasteiger partial charge is 0.496 e. The minimum atomic E-state index is -0.832. The summed E-state index contributed by atoms with van der Waals surface area (Å²) in [5.41, 5.74) is 2.21. The molecule has 0 atom stereocenters. The predicted molar refractivity (Wildman–Crippen MR) is 196 cm³/mol. The third-order valence-electron chi connectivity index (χ3n) is 8.34. The van der Waals surface area contributed by atoms with Crippen molar-refractivity contribution in [2.75, 3.05) is 14.2 Å². The fraction of sp³-hybridized carbons (Fsp3) is 0.122. The summed E-state index contributed by atoms with van der Waals surface area (Å²) in [5, 5.41) is 7.65. The van der Waals surface area contributed by atoms with Gasteiger partial charge in [-0.05, 0) is 72.5 Å². The van der Waals surface area contributed by atoms with Crippen LogP contribution in [-0.4, -0.2) is 14.2 Å². The molecule has 0 saturated heterocycles. The molecule has 0 heterocycles. The molecule has 0 radical (unpaired) electrons. The average Bonchev–Trinajstić information content (AvgIpc) is 3.10. The number of hydrogen-bond acceptors (Lipinski definition) is 2.